The monoisotopic (exact) mass is 1360 g/mol. The summed E-state index contributed by atoms with van der Waals surface area (Å²) < 4.78 is 41.8. The van der Waals surface area contributed by atoms with Crippen LogP contribution in [-0.4, -0.2) is 197 Å². The Hall–Kier alpha value is -8.73. The van der Waals surface area contributed by atoms with Gasteiger partial charge in [-0.2, -0.15) is 13.2 Å². The lowest BCUT2D eigenvalue weighted by Gasteiger charge is -2.30. The maximum absolute atomic E-state index is 14.5. The van der Waals surface area contributed by atoms with Crippen molar-refractivity contribution in [2.45, 2.75) is 206 Å². The molecule has 0 heterocycles. The van der Waals surface area contributed by atoms with E-state index in [9.17, 15) is 90.8 Å². The molecule has 0 aliphatic rings. The lowest BCUT2D eigenvalue weighted by Crippen LogP contribution is -2.62. The topological polar surface area (TPSA) is 526 Å². The van der Waals surface area contributed by atoms with E-state index in [-0.39, 0.29) is 75.2 Å². The van der Waals surface area contributed by atoms with Crippen LogP contribution in [0.1, 0.15) is 127 Å². The van der Waals surface area contributed by atoms with E-state index < -0.39 is 181 Å². The Bertz CT molecular complexity index is 2780. The van der Waals surface area contributed by atoms with Crippen molar-refractivity contribution >= 4 is 82.9 Å². The maximum atomic E-state index is 14.5. The largest absolute Gasteiger partial charge is 0.490 e. The van der Waals surface area contributed by atoms with Crippen molar-refractivity contribution in [3.05, 3.63) is 35.9 Å². The number of carboxylic acid groups (broad SMARTS) is 1. The van der Waals surface area contributed by atoms with E-state index >= 15 is 0 Å². The molecular weight excluding hydrogens is 1260 g/mol. The van der Waals surface area contributed by atoms with Crippen molar-refractivity contribution in [1.82, 2.24) is 58.5 Å². The van der Waals surface area contributed by atoms with Gasteiger partial charge in [0.05, 0.1) is 18.7 Å². The van der Waals surface area contributed by atoms with Crippen LogP contribution in [-0.2, 0) is 73.5 Å². The standard InChI is InChI=1S/C60H98F3N15O17/c1-12-32(10)43(55(90)78-44(33(11)79)54(89)69-26-42(80)76-45(46(81)47(65)82)56(91)75-41(57(92)93)27-95-58(94)60(61,62)63)77-49(84)36(19-16-20-68-59(66)67)70-50(85)38(23-30(6)7)72-52(87)39(24-31(8)9)73-53(88)40(25-34-17-14-13-15-18-34)74-51(86)37(22-29(4)5)71-48(83)35(64)21-28(2)3/h13-15,17-18,28-33,35-41,43-46,79,81H,12,16,19-27,64H2,1-11H3,(H2,65,82)(H,69,89)(H,70,85)(H,71,83)(H,72,87)(H,73,88)(H,74,86)(H,75,91)(H,76,80)(H,77,84)(H,78,90)(H,92,93)(H4,66,67,68)/t32-,33-,35+,36+,37-,38-,39?,40-,41?,43-,44-,45?,46-/m0/s1. The van der Waals surface area contributed by atoms with Crippen LogP contribution in [0.4, 0.5) is 13.2 Å². The molecule has 0 aliphatic heterocycles. The first-order valence-corrected chi connectivity index (χ1v) is 31.1. The molecule has 0 saturated heterocycles. The minimum absolute atomic E-state index is 0.0130. The fraction of sp³-hybridized carbons (Fsp3) is 0.667. The highest BCUT2D eigenvalue weighted by Crippen LogP contribution is 2.18. The molecule has 0 radical (unpaired) electrons. The molecule has 1 aromatic carbocycles. The Morgan fingerprint density at radius 3 is 1.41 bits per heavy atom. The number of hydrogen-bond acceptors (Lipinski definition) is 18. The number of esters is 1. The fourth-order valence-corrected chi connectivity index (χ4v) is 9.18. The van der Waals surface area contributed by atoms with E-state index in [1.807, 2.05) is 33.0 Å². The van der Waals surface area contributed by atoms with Crippen LogP contribution >= 0.6 is 0 Å². The SMILES string of the molecule is CC[C@H](C)[C@H](NC(=O)[C@@H](CCCNC(=N)N)NC(=O)[C@H](CC(C)C)NC(=O)C(CC(C)C)NC(=O)[C@H](Cc1ccccc1)NC(=O)[C@H](CC(C)C)NC(=O)[C@H](N)CC(C)C)C(=O)N[C@H](C(=O)NCC(=O)NC(C(=O)NC(COC(=O)C(F)(F)F)C(=O)O)[C@H](O)C(N)=O)[C@H](C)O. The zero-order valence-corrected chi connectivity index (χ0v) is 55.4. The average Bonchev–Trinajstić information content (AvgIpc) is 0.877. The van der Waals surface area contributed by atoms with Gasteiger partial charge in [0.25, 0.3) is 0 Å². The lowest BCUT2D eigenvalue weighted by molar-refractivity contribution is -0.200. The maximum Gasteiger partial charge on any atom is 0.490 e. The smallest absolute Gasteiger partial charge is 0.480 e. The van der Waals surface area contributed by atoms with Gasteiger partial charge in [-0.15, -0.1) is 0 Å². The van der Waals surface area contributed by atoms with E-state index in [1.165, 1.54) is 6.92 Å². The van der Waals surface area contributed by atoms with Crippen molar-refractivity contribution in [2.75, 3.05) is 19.7 Å². The second kappa shape index (κ2) is 41.2. The minimum atomic E-state index is -5.57. The van der Waals surface area contributed by atoms with Crippen LogP contribution in [0.15, 0.2) is 30.3 Å². The number of rotatable bonds is 42. The number of ether oxygens (including phenoxy) is 1. The number of guanidine groups is 1. The zero-order chi connectivity index (χ0) is 72.8. The van der Waals surface area contributed by atoms with Crippen molar-refractivity contribution < 1.29 is 95.6 Å². The number of benzene rings is 1. The Kier molecular flexibility index (Phi) is 36.5. The molecule has 21 N–H and O–H groups in total. The molecule has 0 aliphatic carbocycles. The van der Waals surface area contributed by atoms with Gasteiger partial charge < -0.3 is 95.7 Å². The van der Waals surface area contributed by atoms with Gasteiger partial charge in [0.2, 0.25) is 65.0 Å². The van der Waals surface area contributed by atoms with Crippen molar-refractivity contribution in [3.63, 3.8) is 0 Å². The normalized spacial score (nSPS) is 15.6. The lowest BCUT2D eigenvalue weighted by atomic mass is 9.96. The van der Waals surface area contributed by atoms with Gasteiger partial charge >= 0.3 is 18.1 Å². The van der Waals surface area contributed by atoms with Gasteiger partial charge in [-0.1, -0.05) is 106 Å². The molecule has 1 aromatic rings. The second-order valence-electron chi connectivity index (χ2n) is 24.8. The summed E-state index contributed by atoms with van der Waals surface area (Å²) in [7, 11) is 0. The number of carbonyl (C=O) groups excluding carboxylic acids is 12. The number of carbonyl (C=O) groups is 13. The van der Waals surface area contributed by atoms with Gasteiger partial charge in [-0.05, 0) is 80.6 Å². The first-order valence-electron chi connectivity index (χ1n) is 31.1. The van der Waals surface area contributed by atoms with Gasteiger partial charge in [-0.3, -0.25) is 58.1 Å². The number of aliphatic hydroxyl groups is 2. The number of hydrogen-bond donors (Lipinski definition) is 18. The molecule has 1 rings (SSSR count). The van der Waals surface area contributed by atoms with Crippen LogP contribution in [0.2, 0.25) is 0 Å². The summed E-state index contributed by atoms with van der Waals surface area (Å²) in [4.78, 5) is 174. The highest BCUT2D eigenvalue weighted by molar-refractivity contribution is 6.00. The van der Waals surface area contributed by atoms with E-state index in [2.05, 4.69) is 47.3 Å². The third kappa shape index (κ3) is 31.8. The van der Waals surface area contributed by atoms with E-state index in [0.717, 1.165) is 6.92 Å². The molecule has 0 bridgehead atoms. The van der Waals surface area contributed by atoms with Crippen LogP contribution in [0.25, 0.3) is 0 Å². The number of primary amides is 1. The Morgan fingerprint density at radius 1 is 0.537 bits per heavy atom. The molecule has 0 aromatic heterocycles. The minimum Gasteiger partial charge on any atom is -0.480 e. The quantitative estimate of drug-likeness (QED) is 0.0134. The summed E-state index contributed by atoms with van der Waals surface area (Å²) >= 11 is 0. The molecule has 95 heavy (non-hydrogen) atoms. The van der Waals surface area contributed by atoms with Gasteiger partial charge in [0.15, 0.2) is 18.1 Å². The van der Waals surface area contributed by atoms with E-state index in [0.29, 0.717) is 12.0 Å². The molecule has 3 unspecified atom stereocenters. The summed E-state index contributed by atoms with van der Waals surface area (Å²) in [5.41, 5.74) is 17.4. The first kappa shape index (κ1) is 84.3. The predicted molar refractivity (Wildman–Crippen MR) is 336 cm³/mol. The molecule has 0 spiro atoms. The Balaban J connectivity index is 3.58. The van der Waals surface area contributed by atoms with Gasteiger partial charge in [-0.25, -0.2) is 9.59 Å². The zero-order valence-electron chi connectivity index (χ0n) is 55.4. The molecule has 0 fully saturated rings. The molecule has 536 valence electrons. The fourth-order valence-electron chi connectivity index (χ4n) is 9.18. The Labute approximate surface area is 549 Å². The summed E-state index contributed by atoms with van der Waals surface area (Å²) in [5.74, 6) is -18.5. The van der Waals surface area contributed by atoms with Crippen molar-refractivity contribution in [1.29, 1.82) is 5.41 Å². The number of halogens is 3. The number of nitrogens with one attached hydrogen (secondary N) is 12. The van der Waals surface area contributed by atoms with Crippen LogP contribution in [0, 0.1) is 35.0 Å². The van der Waals surface area contributed by atoms with Gasteiger partial charge in [0.1, 0.15) is 54.9 Å². The number of alkyl halides is 3. The second-order valence-corrected chi connectivity index (χ2v) is 24.8. The number of nitrogens with two attached hydrogens (primary N) is 3. The summed E-state index contributed by atoms with van der Waals surface area (Å²) in [6, 6.07) is -7.17. The summed E-state index contributed by atoms with van der Waals surface area (Å²) in [5, 5.41) is 64.5. The van der Waals surface area contributed by atoms with Crippen LogP contribution in [0.3, 0.4) is 0 Å². The number of carboxylic acids is 1. The van der Waals surface area contributed by atoms with E-state index in [4.69, 9.17) is 22.6 Å². The Morgan fingerprint density at radius 2 is 0.968 bits per heavy atom. The van der Waals surface area contributed by atoms with Crippen LogP contribution < -0.4 is 75.7 Å². The predicted octanol–water partition coefficient (Wildman–Crippen LogP) is -3.05. The molecule has 0 saturated carbocycles. The van der Waals surface area contributed by atoms with Gasteiger partial charge in [0, 0.05) is 13.0 Å². The highest BCUT2D eigenvalue weighted by Gasteiger charge is 2.43. The van der Waals surface area contributed by atoms with Crippen molar-refractivity contribution in [3.8, 4) is 0 Å². The number of aliphatic carboxylic acids is 1. The first-order chi connectivity index (χ1) is 44.1. The average molecular weight is 1360 g/mol. The summed E-state index contributed by atoms with van der Waals surface area (Å²) in [6.07, 6.45) is -9.40. The number of amides is 11. The van der Waals surface area contributed by atoms with Crippen LogP contribution in [0.5, 0.6) is 0 Å². The third-order valence-electron chi connectivity index (χ3n) is 14.3. The molecule has 32 nitrogen and oxygen atoms in total. The molecule has 35 heteroatoms. The molecule has 11 amide bonds. The number of aliphatic hydroxyl groups excluding tert-OH is 2. The molecular formula is C60H98F3N15O17. The molecule has 13 atom stereocenters. The highest BCUT2D eigenvalue weighted by atomic mass is 19.4. The van der Waals surface area contributed by atoms with Crippen molar-refractivity contribution in [2.24, 2.45) is 46.8 Å². The van der Waals surface area contributed by atoms with E-state index in [1.54, 1.807) is 75.6 Å². The third-order valence-corrected chi connectivity index (χ3v) is 14.3. The summed E-state index contributed by atoms with van der Waals surface area (Å²) in [6.45, 7) is 16.0.